The SMILES string of the molecule is [B]c1c([B])c([B])c(Oc2ccc(N3C(=O)Nc4c(C(=O)N[C@@H]5CCCNC5)sc5nccc3c45)c(C)c2)c([B])c1[B]. The number of carbonyl (C=O) groups excluding carboxylic acids is 2. The van der Waals surface area contributed by atoms with Crippen molar-refractivity contribution in [2.24, 2.45) is 0 Å². The van der Waals surface area contributed by atoms with Crippen LogP contribution >= 0.6 is 11.3 Å². The molecule has 2 aromatic carbocycles. The minimum Gasteiger partial charge on any atom is -0.459 e. The third-order valence-electron chi connectivity index (χ3n) is 7.36. The van der Waals surface area contributed by atoms with Gasteiger partial charge in [-0.3, -0.25) is 9.69 Å². The highest BCUT2D eigenvalue weighted by atomic mass is 32.1. The number of nitrogens with one attached hydrogen (secondary N) is 3. The number of rotatable bonds is 5. The number of hydrogen-bond donors (Lipinski definition) is 3. The molecule has 14 heteroatoms. The third kappa shape index (κ3) is 4.73. The van der Waals surface area contributed by atoms with Crippen molar-refractivity contribution >= 4 is 117 Å². The first-order valence-electron chi connectivity index (χ1n) is 13.0. The Hall–Kier alpha value is -3.63. The molecule has 0 aliphatic carbocycles. The van der Waals surface area contributed by atoms with Crippen molar-refractivity contribution in [1.82, 2.24) is 15.6 Å². The van der Waals surface area contributed by atoms with Crippen molar-refractivity contribution in [3.8, 4) is 11.5 Å². The Kier molecular flexibility index (Phi) is 7.15. The Bertz CT molecular complexity index is 1710. The minimum atomic E-state index is -0.402. The Morgan fingerprint density at radius 3 is 2.49 bits per heavy atom. The van der Waals surface area contributed by atoms with Crippen LogP contribution in [0.15, 0.2) is 30.5 Å². The van der Waals surface area contributed by atoms with E-state index in [1.54, 1.807) is 35.4 Å². The van der Waals surface area contributed by atoms with Gasteiger partial charge in [-0.05, 0) is 56.1 Å². The molecule has 8 nitrogen and oxygen atoms in total. The summed E-state index contributed by atoms with van der Waals surface area (Å²) in [5, 5.41) is 10.0. The molecule has 6 rings (SSSR count). The summed E-state index contributed by atoms with van der Waals surface area (Å²) in [6.45, 7) is 3.50. The molecule has 2 aliphatic heterocycles. The summed E-state index contributed by atoms with van der Waals surface area (Å²) in [5.41, 5.74) is 2.84. The predicted molar refractivity (Wildman–Crippen MR) is 169 cm³/mol. The molecule has 4 heterocycles. The van der Waals surface area contributed by atoms with Crippen molar-refractivity contribution in [1.29, 1.82) is 0 Å². The van der Waals surface area contributed by atoms with Crippen molar-refractivity contribution in [3.63, 3.8) is 0 Å². The second-order valence-electron chi connectivity index (χ2n) is 10.0. The first kappa shape index (κ1) is 27.5. The number of anilines is 3. The van der Waals surface area contributed by atoms with E-state index in [1.807, 2.05) is 6.92 Å². The first-order chi connectivity index (χ1) is 19.7. The van der Waals surface area contributed by atoms with Crippen molar-refractivity contribution < 1.29 is 14.3 Å². The summed E-state index contributed by atoms with van der Waals surface area (Å²) in [7, 11) is 30.0. The molecule has 0 unspecified atom stereocenters. The molecule has 1 fully saturated rings. The second-order valence-corrected chi connectivity index (χ2v) is 11.0. The average molecular weight is 549 g/mol. The summed E-state index contributed by atoms with van der Waals surface area (Å²) in [6.07, 6.45) is 3.53. The van der Waals surface area contributed by atoms with Crippen molar-refractivity contribution in [2.45, 2.75) is 25.8 Å². The van der Waals surface area contributed by atoms with Crippen LogP contribution in [0.25, 0.3) is 10.2 Å². The lowest BCUT2D eigenvalue weighted by Crippen LogP contribution is -2.54. The molecule has 1 saturated heterocycles. The quantitative estimate of drug-likeness (QED) is 0.293. The van der Waals surface area contributed by atoms with Gasteiger partial charge in [0.05, 0.1) is 22.4 Å². The number of thiophene rings is 1. The maximum absolute atomic E-state index is 13.5. The van der Waals surface area contributed by atoms with E-state index in [1.165, 1.54) is 11.3 Å². The summed E-state index contributed by atoms with van der Waals surface area (Å²) in [5.74, 6) is 0.278. The van der Waals surface area contributed by atoms with Gasteiger partial charge in [-0.2, -0.15) is 0 Å². The number of ether oxygens (including phenoxy) is 1. The molecular weight excluding hydrogens is 528 g/mol. The van der Waals surface area contributed by atoms with E-state index in [0.29, 0.717) is 44.5 Å². The van der Waals surface area contributed by atoms with Gasteiger partial charge in [0.15, 0.2) is 0 Å². The van der Waals surface area contributed by atoms with Crippen LogP contribution < -0.4 is 52.9 Å². The summed E-state index contributed by atoms with van der Waals surface area (Å²) in [6, 6.07) is 6.55. The first-order valence-corrected chi connectivity index (χ1v) is 13.8. The van der Waals surface area contributed by atoms with Crippen LogP contribution in [0, 0.1) is 6.92 Å². The molecule has 2 aliphatic rings. The van der Waals surface area contributed by atoms with Gasteiger partial charge in [0.25, 0.3) is 5.91 Å². The van der Waals surface area contributed by atoms with Gasteiger partial charge in [0, 0.05) is 18.8 Å². The number of nitrogens with zero attached hydrogens (tertiary/aromatic N) is 2. The maximum atomic E-state index is 13.5. The van der Waals surface area contributed by atoms with Crippen LogP contribution in [-0.4, -0.2) is 75.3 Å². The Morgan fingerprint density at radius 1 is 1.07 bits per heavy atom. The molecule has 4 aromatic rings. The van der Waals surface area contributed by atoms with Crippen LogP contribution in [0.3, 0.4) is 0 Å². The molecule has 192 valence electrons. The molecule has 3 amide bonds. The number of urea groups is 1. The number of piperidine rings is 1. The highest BCUT2D eigenvalue weighted by molar-refractivity contribution is 7.21. The zero-order valence-corrected chi connectivity index (χ0v) is 23.0. The Balaban J connectivity index is 1.34. The molecule has 0 spiro atoms. The lowest BCUT2D eigenvalue weighted by Gasteiger charge is -2.30. The van der Waals surface area contributed by atoms with Gasteiger partial charge in [0.1, 0.15) is 60.4 Å². The van der Waals surface area contributed by atoms with Gasteiger partial charge in [-0.25, -0.2) is 9.78 Å². The molecule has 0 bridgehead atoms. The number of aryl methyl sites for hydroxylation is 1. The fourth-order valence-corrected chi connectivity index (χ4v) is 6.23. The van der Waals surface area contributed by atoms with Gasteiger partial charge in [0.2, 0.25) is 0 Å². The van der Waals surface area contributed by atoms with E-state index in [2.05, 4.69) is 20.9 Å². The number of benzene rings is 2. The van der Waals surface area contributed by atoms with Gasteiger partial charge >= 0.3 is 6.03 Å². The lowest BCUT2D eigenvalue weighted by molar-refractivity contribution is 0.0935. The summed E-state index contributed by atoms with van der Waals surface area (Å²) < 4.78 is 5.97. The topological polar surface area (TPSA) is 95.6 Å². The Morgan fingerprint density at radius 2 is 1.80 bits per heavy atom. The van der Waals surface area contributed by atoms with E-state index in [0.717, 1.165) is 24.9 Å². The Labute approximate surface area is 248 Å². The van der Waals surface area contributed by atoms with Crippen molar-refractivity contribution in [2.75, 3.05) is 23.3 Å². The van der Waals surface area contributed by atoms with E-state index in [9.17, 15) is 9.59 Å². The average Bonchev–Trinajstić information content (AvgIpc) is 3.34. The third-order valence-corrected chi connectivity index (χ3v) is 8.46. The molecule has 41 heavy (non-hydrogen) atoms. The van der Waals surface area contributed by atoms with Crippen LogP contribution in [0.1, 0.15) is 28.1 Å². The van der Waals surface area contributed by atoms with E-state index >= 15 is 0 Å². The fraction of sp³-hybridized carbons (Fsp3) is 0.222. The lowest BCUT2D eigenvalue weighted by atomic mass is 9.62. The maximum Gasteiger partial charge on any atom is 0.331 e. The van der Waals surface area contributed by atoms with Crippen LogP contribution in [0.2, 0.25) is 0 Å². The van der Waals surface area contributed by atoms with E-state index in [4.69, 9.17) is 44.0 Å². The number of aromatic nitrogens is 1. The highest BCUT2D eigenvalue weighted by Gasteiger charge is 2.34. The van der Waals surface area contributed by atoms with Crippen LogP contribution in [-0.2, 0) is 0 Å². The number of pyridine rings is 1. The summed E-state index contributed by atoms with van der Waals surface area (Å²) in [4.78, 5) is 33.9. The molecular formula is C27H20B5N5O3S. The molecule has 0 saturated carbocycles. The molecule has 1 atom stereocenters. The second kappa shape index (κ2) is 10.7. The van der Waals surface area contributed by atoms with Gasteiger partial charge in [-0.1, -0.05) is 10.9 Å². The highest BCUT2D eigenvalue weighted by Crippen LogP contribution is 2.46. The molecule has 3 N–H and O–H groups in total. The zero-order chi connectivity index (χ0) is 29.0. The van der Waals surface area contributed by atoms with Crippen LogP contribution in [0.4, 0.5) is 21.9 Å². The molecule has 2 aromatic heterocycles. The van der Waals surface area contributed by atoms with Crippen LogP contribution in [0.5, 0.6) is 11.5 Å². The van der Waals surface area contributed by atoms with Gasteiger partial charge in [-0.15, -0.1) is 27.7 Å². The number of carbonyl (C=O) groups is 2. The summed E-state index contributed by atoms with van der Waals surface area (Å²) >= 11 is 1.25. The smallest absolute Gasteiger partial charge is 0.331 e. The standard InChI is InChI=1S/C27H20B5N5O3S/c1-11-9-13(40-23-20(31)18(29)17(28)19(30)21(23)32)4-5-14(11)37-15-6-8-34-26-16(15)22(36-27(37)39)24(41-26)25(38)35-12-3-2-7-33-10-12/h4-6,8-9,12,33H,2-3,7,10H2,1H3,(H,35,38)(H,36,39)/t12-/m1/s1. The number of amides is 3. The van der Waals surface area contributed by atoms with Crippen molar-refractivity contribution in [3.05, 3.63) is 40.9 Å². The fourth-order valence-electron chi connectivity index (χ4n) is 5.20. The normalized spacial score (nSPS) is 16.5. The van der Waals surface area contributed by atoms with E-state index in [-0.39, 0.29) is 45.0 Å². The van der Waals surface area contributed by atoms with E-state index < -0.39 is 6.03 Å². The van der Waals surface area contributed by atoms with Gasteiger partial charge < -0.3 is 20.7 Å². The predicted octanol–water partition coefficient (Wildman–Crippen LogP) is -0.469. The molecule has 10 radical (unpaired) electrons. The largest absolute Gasteiger partial charge is 0.459 e. The number of hydrogen-bond acceptors (Lipinski definition) is 6. The monoisotopic (exact) mass is 549 g/mol. The zero-order valence-electron chi connectivity index (χ0n) is 22.2. The minimum absolute atomic E-state index is 0.0343.